The van der Waals surface area contributed by atoms with Crippen molar-refractivity contribution in [2.75, 3.05) is 0 Å². The zero-order valence-electron chi connectivity index (χ0n) is 16.0. The van der Waals surface area contributed by atoms with Gasteiger partial charge in [-0.05, 0) is 85.1 Å². The van der Waals surface area contributed by atoms with E-state index in [4.69, 9.17) is 5.11 Å². The minimum atomic E-state index is -0.945. The normalized spacial score (nSPS) is 14.5. The molecule has 2 aromatic rings. The highest BCUT2D eigenvalue weighted by Gasteiger charge is 2.18. The molecule has 0 atom stereocenters. The van der Waals surface area contributed by atoms with Crippen molar-refractivity contribution in [3.63, 3.8) is 0 Å². The van der Waals surface area contributed by atoms with E-state index in [9.17, 15) is 9.90 Å². The van der Waals surface area contributed by atoms with E-state index in [1.807, 2.05) is 25.1 Å². The maximum Gasteiger partial charge on any atom is 0.328 e. The van der Waals surface area contributed by atoms with E-state index < -0.39 is 5.97 Å². The van der Waals surface area contributed by atoms with E-state index in [1.54, 1.807) is 12.1 Å². The predicted molar refractivity (Wildman–Crippen MR) is 110 cm³/mol. The number of hydrogen-bond acceptors (Lipinski definition) is 2. The first-order chi connectivity index (χ1) is 13.0. The first-order valence-corrected chi connectivity index (χ1v) is 9.50. The topological polar surface area (TPSA) is 57.5 Å². The van der Waals surface area contributed by atoms with Gasteiger partial charge in [-0.15, -0.1) is 0 Å². The molecule has 0 radical (unpaired) electrons. The van der Waals surface area contributed by atoms with Gasteiger partial charge in [-0.3, -0.25) is 0 Å². The van der Waals surface area contributed by atoms with Crippen LogP contribution in [0, 0.1) is 13.8 Å². The van der Waals surface area contributed by atoms with E-state index in [-0.39, 0.29) is 0 Å². The third-order valence-electron chi connectivity index (χ3n) is 5.46. The van der Waals surface area contributed by atoms with Gasteiger partial charge in [-0.1, -0.05) is 42.3 Å². The summed E-state index contributed by atoms with van der Waals surface area (Å²) in [6.07, 6.45) is 8.69. The second-order valence-electron chi connectivity index (χ2n) is 7.22. The first kappa shape index (κ1) is 19.0. The van der Waals surface area contributed by atoms with Crippen molar-refractivity contribution in [1.29, 1.82) is 0 Å². The molecule has 27 heavy (non-hydrogen) atoms. The molecular formula is C24H26O3. The van der Waals surface area contributed by atoms with Crippen LogP contribution in [-0.2, 0) is 4.79 Å². The molecule has 0 heterocycles. The highest BCUT2D eigenvalue weighted by molar-refractivity contribution is 5.87. The van der Waals surface area contributed by atoms with Gasteiger partial charge in [-0.25, -0.2) is 4.79 Å². The van der Waals surface area contributed by atoms with Crippen molar-refractivity contribution in [1.82, 2.24) is 0 Å². The van der Waals surface area contributed by atoms with Crippen molar-refractivity contribution in [3.8, 4) is 5.75 Å². The Balaban J connectivity index is 2.09. The van der Waals surface area contributed by atoms with Gasteiger partial charge in [0.25, 0.3) is 0 Å². The summed E-state index contributed by atoms with van der Waals surface area (Å²) in [5, 5.41) is 18.9. The zero-order chi connectivity index (χ0) is 19.4. The maximum atomic E-state index is 10.7. The number of rotatable bonds is 4. The molecule has 0 aromatic heterocycles. The number of carboxylic acid groups (broad SMARTS) is 1. The van der Waals surface area contributed by atoms with Crippen molar-refractivity contribution < 1.29 is 15.0 Å². The van der Waals surface area contributed by atoms with E-state index in [2.05, 4.69) is 19.1 Å². The van der Waals surface area contributed by atoms with Crippen molar-refractivity contribution in [3.05, 3.63) is 75.9 Å². The minimum Gasteiger partial charge on any atom is -0.508 e. The lowest BCUT2D eigenvalue weighted by atomic mass is 9.83. The number of aliphatic carboxylic acids is 1. The van der Waals surface area contributed by atoms with Crippen LogP contribution in [0.2, 0.25) is 0 Å². The molecule has 0 aliphatic heterocycles. The Kier molecular flexibility index (Phi) is 5.80. The van der Waals surface area contributed by atoms with Crippen LogP contribution < -0.4 is 0 Å². The highest BCUT2D eigenvalue weighted by atomic mass is 16.4. The Labute approximate surface area is 160 Å². The molecule has 2 N–H and O–H groups in total. The number of phenolic OH excluding ortho intramolecular Hbond substituents is 1. The molecule has 1 aliphatic carbocycles. The molecule has 3 nitrogen and oxygen atoms in total. The Hall–Kier alpha value is -2.81. The summed E-state index contributed by atoms with van der Waals surface area (Å²) in [7, 11) is 0. The van der Waals surface area contributed by atoms with Crippen LogP contribution in [-0.4, -0.2) is 16.2 Å². The van der Waals surface area contributed by atoms with Crippen LogP contribution in [0.15, 0.2) is 48.0 Å². The lowest BCUT2D eigenvalue weighted by Crippen LogP contribution is -2.02. The number of allylic oxidation sites excluding steroid dienone is 1. The van der Waals surface area contributed by atoms with E-state index in [0.29, 0.717) is 5.75 Å². The lowest BCUT2D eigenvalue weighted by molar-refractivity contribution is -0.131. The molecule has 0 bridgehead atoms. The molecule has 3 heteroatoms. The summed E-state index contributed by atoms with van der Waals surface area (Å²) in [4.78, 5) is 10.7. The van der Waals surface area contributed by atoms with Crippen LogP contribution >= 0.6 is 0 Å². The van der Waals surface area contributed by atoms with Gasteiger partial charge in [-0.2, -0.15) is 0 Å². The quantitative estimate of drug-likeness (QED) is 0.669. The van der Waals surface area contributed by atoms with Gasteiger partial charge in [0.1, 0.15) is 5.75 Å². The fourth-order valence-electron chi connectivity index (χ4n) is 3.78. The molecule has 0 saturated heterocycles. The van der Waals surface area contributed by atoms with E-state index >= 15 is 0 Å². The Morgan fingerprint density at radius 1 is 0.926 bits per heavy atom. The van der Waals surface area contributed by atoms with Gasteiger partial charge in [0.15, 0.2) is 0 Å². The lowest BCUT2D eigenvalue weighted by Gasteiger charge is -2.22. The molecule has 1 fully saturated rings. The standard InChI is InChI=1S/C24H26O3/c1-16-17(2)22(25)14-13-21(16)24(19-6-4-3-5-7-19)20-11-8-18(9-12-20)10-15-23(26)27/h8-15,25H,3-7H2,1-2H3,(H,26,27)/b15-10+. The first-order valence-electron chi connectivity index (χ1n) is 9.50. The summed E-state index contributed by atoms with van der Waals surface area (Å²) in [6, 6.07) is 11.9. The van der Waals surface area contributed by atoms with Crippen LogP contribution in [0.1, 0.15) is 59.9 Å². The fourth-order valence-corrected chi connectivity index (χ4v) is 3.78. The number of hydrogen-bond donors (Lipinski definition) is 2. The Morgan fingerprint density at radius 2 is 1.59 bits per heavy atom. The second-order valence-corrected chi connectivity index (χ2v) is 7.22. The van der Waals surface area contributed by atoms with Crippen LogP contribution in [0.5, 0.6) is 5.75 Å². The van der Waals surface area contributed by atoms with Gasteiger partial charge >= 0.3 is 5.97 Å². The largest absolute Gasteiger partial charge is 0.508 e. The monoisotopic (exact) mass is 362 g/mol. The zero-order valence-corrected chi connectivity index (χ0v) is 16.0. The number of carboxylic acids is 1. The average Bonchev–Trinajstić information content (AvgIpc) is 2.68. The van der Waals surface area contributed by atoms with Gasteiger partial charge in [0.05, 0.1) is 0 Å². The van der Waals surface area contributed by atoms with Crippen LogP contribution in [0.4, 0.5) is 0 Å². The molecule has 0 amide bonds. The molecule has 1 aliphatic rings. The third-order valence-corrected chi connectivity index (χ3v) is 5.46. The van der Waals surface area contributed by atoms with Crippen LogP contribution in [0.25, 0.3) is 11.6 Å². The second kappa shape index (κ2) is 8.26. The fraction of sp³-hybridized carbons (Fsp3) is 0.292. The molecule has 0 spiro atoms. The molecular weight excluding hydrogens is 336 g/mol. The summed E-state index contributed by atoms with van der Waals surface area (Å²) >= 11 is 0. The summed E-state index contributed by atoms with van der Waals surface area (Å²) in [5.41, 5.74) is 7.96. The van der Waals surface area contributed by atoms with Crippen molar-refractivity contribution in [2.45, 2.75) is 46.0 Å². The molecule has 2 aromatic carbocycles. The minimum absolute atomic E-state index is 0.332. The molecule has 0 unspecified atom stereocenters. The number of benzene rings is 2. The Bertz CT molecular complexity index is 894. The summed E-state index contributed by atoms with van der Waals surface area (Å²) in [5.74, 6) is -0.613. The summed E-state index contributed by atoms with van der Waals surface area (Å²) in [6.45, 7) is 4.02. The number of aromatic hydroxyl groups is 1. The molecule has 3 rings (SSSR count). The van der Waals surface area contributed by atoms with Crippen molar-refractivity contribution in [2.24, 2.45) is 0 Å². The maximum absolute atomic E-state index is 10.7. The predicted octanol–water partition coefficient (Wildman–Crippen LogP) is 5.87. The van der Waals surface area contributed by atoms with Crippen molar-refractivity contribution >= 4 is 17.6 Å². The number of phenols is 1. The van der Waals surface area contributed by atoms with E-state index in [0.717, 1.165) is 41.2 Å². The SMILES string of the molecule is Cc1c(O)ccc(C(=C2CCCCC2)c2ccc(/C=C/C(=O)O)cc2)c1C. The van der Waals surface area contributed by atoms with Gasteiger partial charge in [0.2, 0.25) is 0 Å². The molecule has 140 valence electrons. The smallest absolute Gasteiger partial charge is 0.328 e. The summed E-state index contributed by atoms with van der Waals surface area (Å²) < 4.78 is 0. The third kappa shape index (κ3) is 4.30. The van der Waals surface area contributed by atoms with Crippen LogP contribution in [0.3, 0.4) is 0 Å². The number of carbonyl (C=O) groups is 1. The highest BCUT2D eigenvalue weighted by Crippen LogP contribution is 2.38. The molecule has 1 saturated carbocycles. The van der Waals surface area contributed by atoms with Gasteiger partial charge in [0, 0.05) is 6.08 Å². The average molecular weight is 362 g/mol. The Morgan fingerprint density at radius 3 is 2.22 bits per heavy atom. The van der Waals surface area contributed by atoms with Gasteiger partial charge < -0.3 is 10.2 Å². The van der Waals surface area contributed by atoms with E-state index in [1.165, 1.54) is 36.0 Å².